The summed E-state index contributed by atoms with van der Waals surface area (Å²) in [5.74, 6) is -2.53. The maximum Gasteiger partial charge on any atom is 0.387 e. The minimum Gasteiger partial charge on any atom is -0.478 e. The van der Waals surface area contributed by atoms with Crippen molar-refractivity contribution in [3.8, 4) is 5.75 Å². The molecule has 1 N–H and O–H groups in total. The maximum absolute atomic E-state index is 12.0. The number of alkyl halides is 2. The number of aromatic carboxylic acids is 1. The molecule has 0 atom stereocenters. The predicted octanol–water partition coefficient (Wildman–Crippen LogP) is 1.89. The molecule has 0 aliphatic heterocycles. The van der Waals surface area contributed by atoms with Gasteiger partial charge in [-0.1, -0.05) is 6.07 Å². The van der Waals surface area contributed by atoms with Gasteiger partial charge in [0.25, 0.3) is 0 Å². The van der Waals surface area contributed by atoms with Crippen LogP contribution in [0.1, 0.15) is 10.4 Å². The van der Waals surface area contributed by atoms with Crippen LogP contribution in [0.15, 0.2) is 18.2 Å². The zero-order valence-electron chi connectivity index (χ0n) is 7.59. The van der Waals surface area contributed by atoms with Gasteiger partial charge in [0.1, 0.15) is 5.56 Å². The molecule has 0 spiro atoms. The number of nitro benzene ring substituents is 1. The number of carbonyl (C=O) groups is 1. The standard InChI is InChI=1S/C8H5F2NO5/c9-8(10)16-6-4(7(12)13)2-1-3-5(6)11(14)15/h1-3,8H,(H,12,13). The van der Waals surface area contributed by atoms with Crippen LogP contribution in [0.5, 0.6) is 5.75 Å². The number of nitro groups is 1. The second-order valence-electron chi connectivity index (χ2n) is 2.59. The van der Waals surface area contributed by atoms with E-state index in [9.17, 15) is 23.7 Å². The number of halogens is 2. The lowest BCUT2D eigenvalue weighted by atomic mass is 10.2. The van der Waals surface area contributed by atoms with Gasteiger partial charge in [-0.15, -0.1) is 0 Å². The molecule has 86 valence electrons. The SMILES string of the molecule is O=C(O)c1cccc([N+](=O)[O-])c1OC(F)F. The molecule has 0 aliphatic rings. The van der Waals surface area contributed by atoms with Crippen molar-refractivity contribution < 1.29 is 28.3 Å². The van der Waals surface area contributed by atoms with Crippen molar-refractivity contribution in [2.45, 2.75) is 6.61 Å². The Kier molecular flexibility index (Phi) is 3.33. The van der Waals surface area contributed by atoms with Crippen LogP contribution in [0.2, 0.25) is 0 Å². The van der Waals surface area contributed by atoms with E-state index in [1.54, 1.807) is 0 Å². The van der Waals surface area contributed by atoms with Crippen LogP contribution in [-0.4, -0.2) is 22.6 Å². The fourth-order valence-corrected chi connectivity index (χ4v) is 1.05. The molecule has 0 saturated heterocycles. The van der Waals surface area contributed by atoms with E-state index in [1.807, 2.05) is 0 Å². The Balaban J connectivity index is 3.34. The quantitative estimate of drug-likeness (QED) is 0.633. The molecule has 0 bridgehead atoms. The molecule has 1 aromatic carbocycles. The molecule has 8 heteroatoms. The summed E-state index contributed by atoms with van der Waals surface area (Å²) in [5, 5.41) is 19.1. The minimum absolute atomic E-state index is 0.686. The van der Waals surface area contributed by atoms with Crippen LogP contribution in [0.3, 0.4) is 0 Å². The van der Waals surface area contributed by atoms with Crippen molar-refractivity contribution in [1.82, 2.24) is 0 Å². The van der Waals surface area contributed by atoms with E-state index in [4.69, 9.17) is 5.11 Å². The third-order valence-corrected chi connectivity index (χ3v) is 1.63. The molecule has 0 amide bonds. The number of nitrogens with zero attached hydrogens (tertiary/aromatic N) is 1. The highest BCUT2D eigenvalue weighted by Gasteiger charge is 2.25. The van der Waals surface area contributed by atoms with Gasteiger partial charge in [-0.25, -0.2) is 4.79 Å². The first-order chi connectivity index (χ1) is 7.43. The molecule has 0 radical (unpaired) electrons. The molecule has 0 heterocycles. The summed E-state index contributed by atoms with van der Waals surface area (Å²) < 4.78 is 27.8. The molecular formula is C8H5F2NO5. The van der Waals surface area contributed by atoms with E-state index in [0.717, 1.165) is 18.2 Å². The molecule has 6 nitrogen and oxygen atoms in total. The Morgan fingerprint density at radius 3 is 2.56 bits per heavy atom. The Hall–Kier alpha value is -2.25. The smallest absolute Gasteiger partial charge is 0.387 e. The fourth-order valence-electron chi connectivity index (χ4n) is 1.05. The predicted molar refractivity (Wildman–Crippen MR) is 46.7 cm³/mol. The molecule has 0 saturated carbocycles. The highest BCUT2D eigenvalue weighted by Crippen LogP contribution is 2.32. The average Bonchev–Trinajstić information content (AvgIpc) is 2.16. The molecule has 0 unspecified atom stereocenters. The minimum atomic E-state index is -3.33. The van der Waals surface area contributed by atoms with Crippen molar-refractivity contribution >= 4 is 11.7 Å². The summed E-state index contributed by atoms with van der Waals surface area (Å²) in [6.45, 7) is -3.33. The van der Waals surface area contributed by atoms with Crippen LogP contribution < -0.4 is 4.74 Å². The first kappa shape index (κ1) is 11.8. The van der Waals surface area contributed by atoms with E-state index >= 15 is 0 Å². The zero-order valence-corrected chi connectivity index (χ0v) is 7.59. The second-order valence-corrected chi connectivity index (χ2v) is 2.59. The molecule has 1 rings (SSSR count). The van der Waals surface area contributed by atoms with Crippen molar-refractivity contribution in [2.24, 2.45) is 0 Å². The van der Waals surface area contributed by atoms with Gasteiger partial charge >= 0.3 is 18.3 Å². The van der Waals surface area contributed by atoms with Crippen LogP contribution >= 0.6 is 0 Å². The summed E-state index contributed by atoms with van der Waals surface area (Å²) >= 11 is 0. The highest BCUT2D eigenvalue weighted by molar-refractivity contribution is 5.92. The van der Waals surface area contributed by atoms with Crippen molar-refractivity contribution in [3.05, 3.63) is 33.9 Å². The van der Waals surface area contributed by atoms with Crippen molar-refractivity contribution in [2.75, 3.05) is 0 Å². The number of carboxylic acid groups (broad SMARTS) is 1. The topological polar surface area (TPSA) is 89.7 Å². The summed E-state index contributed by atoms with van der Waals surface area (Å²) in [5.41, 5.74) is -1.50. The largest absolute Gasteiger partial charge is 0.478 e. The van der Waals surface area contributed by atoms with Gasteiger partial charge in [0.15, 0.2) is 0 Å². The number of carboxylic acids is 1. The Labute approximate surface area is 87.2 Å². The van der Waals surface area contributed by atoms with Crippen LogP contribution in [0, 0.1) is 10.1 Å². The van der Waals surface area contributed by atoms with E-state index in [2.05, 4.69) is 4.74 Å². The third kappa shape index (κ3) is 2.41. The van der Waals surface area contributed by atoms with Crippen LogP contribution in [0.4, 0.5) is 14.5 Å². The average molecular weight is 233 g/mol. The summed E-state index contributed by atoms with van der Waals surface area (Å²) in [6, 6.07) is 2.89. The molecule has 1 aromatic rings. The number of para-hydroxylation sites is 1. The Bertz CT molecular complexity index is 402. The number of hydrogen-bond acceptors (Lipinski definition) is 4. The van der Waals surface area contributed by atoms with Gasteiger partial charge < -0.3 is 9.84 Å². The van der Waals surface area contributed by atoms with Gasteiger partial charge in [-0.2, -0.15) is 8.78 Å². The zero-order chi connectivity index (χ0) is 12.3. The Morgan fingerprint density at radius 1 is 1.50 bits per heavy atom. The van der Waals surface area contributed by atoms with Crippen molar-refractivity contribution in [3.63, 3.8) is 0 Å². The van der Waals surface area contributed by atoms with E-state index in [0.29, 0.717) is 0 Å². The van der Waals surface area contributed by atoms with Gasteiger partial charge in [0.05, 0.1) is 4.92 Å². The number of ether oxygens (including phenoxy) is 1. The highest BCUT2D eigenvalue weighted by atomic mass is 19.3. The summed E-state index contributed by atoms with van der Waals surface area (Å²) in [6.07, 6.45) is 0. The van der Waals surface area contributed by atoms with Crippen molar-refractivity contribution in [1.29, 1.82) is 0 Å². The first-order valence-corrected chi connectivity index (χ1v) is 3.89. The summed E-state index contributed by atoms with van der Waals surface area (Å²) in [4.78, 5) is 20.1. The number of rotatable bonds is 4. The lowest BCUT2D eigenvalue weighted by Gasteiger charge is -2.07. The fraction of sp³-hybridized carbons (Fsp3) is 0.125. The second kappa shape index (κ2) is 4.51. The lowest BCUT2D eigenvalue weighted by molar-refractivity contribution is -0.386. The molecule has 0 fully saturated rings. The maximum atomic E-state index is 12.0. The van der Waals surface area contributed by atoms with Gasteiger partial charge in [0, 0.05) is 6.07 Å². The lowest BCUT2D eigenvalue weighted by Crippen LogP contribution is -2.09. The molecule has 0 aliphatic carbocycles. The van der Waals surface area contributed by atoms with E-state index in [1.165, 1.54) is 0 Å². The molecule has 16 heavy (non-hydrogen) atoms. The number of benzene rings is 1. The van der Waals surface area contributed by atoms with Gasteiger partial charge in [0.2, 0.25) is 5.75 Å². The van der Waals surface area contributed by atoms with Gasteiger partial charge in [-0.05, 0) is 6.07 Å². The molecular weight excluding hydrogens is 228 g/mol. The number of hydrogen-bond donors (Lipinski definition) is 1. The van der Waals surface area contributed by atoms with Crippen LogP contribution in [0.25, 0.3) is 0 Å². The Morgan fingerprint density at radius 2 is 2.12 bits per heavy atom. The molecule has 0 aromatic heterocycles. The summed E-state index contributed by atoms with van der Waals surface area (Å²) in [7, 11) is 0. The van der Waals surface area contributed by atoms with Crippen LogP contribution in [-0.2, 0) is 0 Å². The normalized spacial score (nSPS) is 10.2. The van der Waals surface area contributed by atoms with Gasteiger partial charge in [-0.3, -0.25) is 10.1 Å². The third-order valence-electron chi connectivity index (χ3n) is 1.63. The first-order valence-electron chi connectivity index (χ1n) is 3.89. The monoisotopic (exact) mass is 233 g/mol. The van der Waals surface area contributed by atoms with E-state index < -0.39 is 34.5 Å². The van der Waals surface area contributed by atoms with E-state index in [-0.39, 0.29) is 0 Å².